The van der Waals surface area contributed by atoms with Gasteiger partial charge in [0.2, 0.25) is 0 Å². The molecule has 3 nitrogen and oxygen atoms in total. The second kappa shape index (κ2) is 5.67. The first-order valence-corrected chi connectivity index (χ1v) is 7.54. The van der Waals surface area contributed by atoms with E-state index in [2.05, 4.69) is 24.3 Å². The van der Waals surface area contributed by atoms with Gasteiger partial charge in [0, 0.05) is 28.3 Å². The van der Waals surface area contributed by atoms with E-state index in [-0.39, 0.29) is 0 Å². The van der Waals surface area contributed by atoms with Crippen LogP contribution in [0.2, 0.25) is 0 Å². The minimum absolute atomic E-state index is 0.419. The van der Waals surface area contributed by atoms with Crippen molar-refractivity contribution in [3.05, 3.63) is 48.0 Å². The van der Waals surface area contributed by atoms with E-state index in [9.17, 15) is 0 Å². The van der Waals surface area contributed by atoms with Gasteiger partial charge >= 0.3 is 0 Å². The molecule has 104 valence electrons. The Balaban J connectivity index is 1.73. The van der Waals surface area contributed by atoms with Crippen LogP contribution in [0.15, 0.2) is 47.4 Å². The van der Waals surface area contributed by atoms with Gasteiger partial charge in [-0.05, 0) is 23.8 Å². The van der Waals surface area contributed by atoms with Gasteiger partial charge in [-0.3, -0.25) is 0 Å². The van der Waals surface area contributed by atoms with Crippen molar-refractivity contribution in [1.82, 2.24) is 0 Å². The molecule has 0 amide bonds. The van der Waals surface area contributed by atoms with Crippen LogP contribution in [0.3, 0.4) is 0 Å². The van der Waals surface area contributed by atoms with Crippen LogP contribution in [-0.4, -0.2) is 19.5 Å². The van der Waals surface area contributed by atoms with Crippen LogP contribution in [0.5, 0.6) is 11.5 Å². The molecular formula is C16H17NO2S. The Morgan fingerprint density at radius 2 is 2.05 bits per heavy atom. The van der Waals surface area contributed by atoms with Crippen LogP contribution >= 0.6 is 11.8 Å². The zero-order valence-electron chi connectivity index (χ0n) is 11.3. The van der Waals surface area contributed by atoms with Crippen molar-refractivity contribution < 1.29 is 9.47 Å². The van der Waals surface area contributed by atoms with Crippen molar-refractivity contribution in [1.29, 1.82) is 0 Å². The highest BCUT2D eigenvalue weighted by Gasteiger charge is 2.23. The quantitative estimate of drug-likeness (QED) is 0.874. The molecule has 0 radical (unpaired) electrons. The summed E-state index contributed by atoms with van der Waals surface area (Å²) in [5.74, 6) is 2.91. The van der Waals surface area contributed by atoms with Gasteiger partial charge in [0.25, 0.3) is 0 Å². The Kier molecular flexibility index (Phi) is 3.74. The number of thioether (sulfide) groups is 1. The van der Waals surface area contributed by atoms with Crippen molar-refractivity contribution in [2.45, 2.75) is 10.8 Å². The highest BCUT2D eigenvalue weighted by Crippen LogP contribution is 2.40. The Morgan fingerprint density at radius 3 is 2.90 bits per heavy atom. The first kappa shape index (κ1) is 13.2. The maximum absolute atomic E-state index is 5.93. The zero-order valence-corrected chi connectivity index (χ0v) is 12.2. The Morgan fingerprint density at radius 1 is 1.20 bits per heavy atom. The van der Waals surface area contributed by atoms with Gasteiger partial charge in [0.05, 0.1) is 13.7 Å². The van der Waals surface area contributed by atoms with Crippen molar-refractivity contribution in [3.63, 3.8) is 0 Å². The molecule has 0 bridgehead atoms. The van der Waals surface area contributed by atoms with E-state index in [1.807, 2.05) is 30.0 Å². The van der Waals surface area contributed by atoms with E-state index in [1.54, 1.807) is 7.11 Å². The fraction of sp³-hybridized carbons (Fsp3) is 0.250. The van der Waals surface area contributed by atoms with Gasteiger partial charge in [-0.15, -0.1) is 11.8 Å². The summed E-state index contributed by atoms with van der Waals surface area (Å²) in [5, 5.41) is 0. The summed E-state index contributed by atoms with van der Waals surface area (Å²) >= 11 is 1.89. The number of hydrogen-bond donors (Lipinski definition) is 1. The summed E-state index contributed by atoms with van der Waals surface area (Å²) in [6.45, 7) is 0.643. The molecule has 0 aromatic heterocycles. The van der Waals surface area contributed by atoms with E-state index in [0.717, 1.165) is 11.5 Å². The zero-order chi connectivity index (χ0) is 13.9. The first-order chi connectivity index (χ1) is 9.78. The minimum atomic E-state index is 0.419. The third-order valence-electron chi connectivity index (χ3n) is 3.43. The highest BCUT2D eigenvalue weighted by atomic mass is 32.2. The molecule has 2 aromatic carbocycles. The van der Waals surface area contributed by atoms with Crippen LogP contribution in [-0.2, 0) is 0 Å². The molecule has 0 spiro atoms. The molecule has 1 heterocycles. The number of anilines is 1. The third-order valence-corrected chi connectivity index (χ3v) is 4.68. The molecule has 1 aliphatic rings. The number of benzene rings is 2. The lowest BCUT2D eigenvalue weighted by molar-refractivity contribution is 0.279. The van der Waals surface area contributed by atoms with Crippen molar-refractivity contribution in [2.24, 2.45) is 0 Å². The Bertz CT molecular complexity index is 615. The summed E-state index contributed by atoms with van der Waals surface area (Å²) in [4.78, 5) is 1.36. The maximum atomic E-state index is 5.93. The molecule has 4 heteroatoms. The minimum Gasteiger partial charge on any atom is -0.493 e. The van der Waals surface area contributed by atoms with E-state index >= 15 is 0 Å². The number of fused-ring (bicyclic) bond motifs is 1. The summed E-state index contributed by atoms with van der Waals surface area (Å²) in [6.07, 6.45) is 0. The summed E-state index contributed by atoms with van der Waals surface area (Å²) in [6, 6.07) is 14.0. The number of nitrogens with two attached hydrogens (primary N) is 1. The monoisotopic (exact) mass is 287 g/mol. The standard InChI is InChI=1S/C16H17NO2S/c1-18-14-7-6-12(17)8-15(14)19-9-11-10-20-16-5-3-2-4-13(11)16/h2-8,11H,9-10,17H2,1H3. The molecule has 0 saturated heterocycles. The van der Waals surface area contributed by atoms with Crippen molar-refractivity contribution in [3.8, 4) is 11.5 Å². The molecule has 1 atom stereocenters. The van der Waals surface area contributed by atoms with Crippen LogP contribution in [0, 0.1) is 0 Å². The third kappa shape index (κ3) is 2.56. The Labute approximate surface area is 123 Å². The molecular weight excluding hydrogens is 270 g/mol. The lowest BCUT2D eigenvalue weighted by Gasteiger charge is -2.15. The van der Waals surface area contributed by atoms with Gasteiger partial charge in [-0.2, -0.15) is 0 Å². The molecule has 1 aliphatic heterocycles. The first-order valence-electron chi connectivity index (χ1n) is 6.56. The smallest absolute Gasteiger partial charge is 0.163 e. The topological polar surface area (TPSA) is 44.5 Å². The fourth-order valence-corrected chi connectivity index (χ4v) is 3.60. The molecule has 2 N–H and O–H groups in total. The molecule has 0 saturated carbocycles. The lowest BCUT2D eigenvalue weighted by Crippen LogP contribution is -2.10. The van der Waals surface area contributed by atoms with E-state index in [1.165, 1.54) is 10.5 Å². The number of rotatable bonds is 4. The normalized spacial score (nSPS) is 16.8. The molecule has 0 aliphatic carbocycles. The molecule has 20 heavy (non-hydrogen) atoms. The summed E-state index contributed by atoms with van der Waals surface area (Å²) in [7, 11) is 1.64. The predicted molar refractivity (Wildman–Crippen MR) is 82.8 cm³/mol. The predicted octanol–water partition coefficient (Wildman–Crippen LogP) is 3.55. The summed E-state index contributed by atoms with van der Waals surface area (Å²) in [5.41, 5.74) is 7.86. The van der Waals surface area contributed by atoms with Crippen LogP contribution < -0.4 is 15.2 Å². The van der Waals surface area contributed by atoms with Gasteiger partial charge < -0.3 is 15.2 Å². The average molecular weight is 287 g/mol. The van der Waals surface area contributed by atoms with Crippen molar-refractivity contribution in [2.75, 3.05) is 25.2 Å². The molecule has 0 fully saturated rings. The van der Waals surface area contributed by atoms with Crippen LogP contribution in [0.1, 0.15) is 11.5 Å². The second-order valence-electron chi connectivity index (χ2n) is 4.77. The summed E-state index contributed by atoms with van der Waals surface area (Å²) < 4.78 is 11.2. The van der Waals surface area contributed by atoms with E-state index < -0.39 is 0 Å². The largest absolute Gasteiger partial charge is 0.493 e. The van der Waals surface area contributed by atoms with E-state index in [4.69, 9.17) is 15.2 Å². The lowest BCUT2D eigenvalue weighted by atomic mass is 10.0. The second-order valence-corrected chi connectivity index (χ2v) is 5.83. The van der Waals surface area contributed by atoms with Gasteiger partial charge in [0.1, 0.15) is 0 Å². The van der Waals surface area contributed by atoms with Crippen LogP contribution in [0.4, 0.5) is 5.69 Å². The molecule has 3 rings (SSSR count). The Hall–Kier alpha value is -1.81. The number of hydrogen-bond acceptors (Lipinski definition) is 4. The van der Waals surface area contributed by atoms with Crippen molar-refractivity contribution >= 4 is 17.4 Å². The molecule has 1 unspecified atom stereocenters. The SMILES string of the molecule is COc1ccc(N)cc1OCC1CSc2ccccc21. The average Bonchev–Trinajstić information content (AvgIpc) is 2.88. The number of nitrogen functional groups attached to an aromatic ring is 1. The van der Waals surface area contributed by atoms with Gasteiger partial charge in [-0.1, -0.05) is 18.2 Å². The fourth-order valence-electron chi connectivity index (χ4n) is 2.36. The highest BCUT2D eigenvalue weighted by molar-refractivity contribution is 7.99. The molecule has 2 aromatic rings. The van der Waals surface area contributed by atoms with Crippen LogP contribution in [0.25, 0.3) is 0 Å². The maximum Gasteiger partial charge on any atom is 0.163 e. The number of methoxy groups -OCH3 is 1. The number of ether oxygens (including phenoxy) is 2. The van der Waals surface area contributed by atoms with Gasteiger partial charge in [0.15, 0.2) is 11.5 Å². The van der Waals surface area contributed by atoms with Gasteiger partial charge in [-0.25, -0.2) is 0 Å². The van der Waals surface area contributed by atoms with E-state index in [0.29, 0.717) is 24.0 Å².